The fraction of sp³-hybridized carbons (Fsp3) is 0.222. The lowest BCUT2D eigenvalue weighted by Crippen LogP contribution is -2.25. The van der Waals surface area contributed by atoms with E-state index in [-0.39, 0.29) is 5.56 Å². The molecule has 0 atom stereocenters. The van der Waals surface area contributed by atoms with Gasteiger partial charge in [-0.05, 0) is 30.2 Å². The average molecular weight is 347 g/mol. The van der Waals surface area contributed by atoms with Crippen LogP contribution in [0.2, 0.25) is 10.0 Å². The predicted octanol–water partition coefficient (Wildman–Crippen LogP) is 4.89. The van der Waals surface area contributed by atoms with Crippen LogP contribution in [-0.4, -0.2) is 9.55 Å². The van der Waals surface area contributed by atoms with Gasteiger partial charge in [-0.15, -0.1) is 0 Å². The fourth-order valence-electron chi connectivity index (χ4n) is 2.61. The molecule has 118 valence electrons. The maximum atomic E-state index is 13.0. The molecule has 5 heteroatoms. The van der Waals surface area contributed by atoms with Crippen LogP contribution >= 0.6 is 23.2 Å². The first kappa shape index (κ1) is 16.0. The summed E-state index contributed by atoms with van der Waals surface area (Å²) in [6.07, 6.45) is 0.654. The van der Waals surface area contributed by atoms with Crippen LogP contribution in [0.3, 0.4) is 0 Å². The number of para-hydroxylation sites is 2. The van der Waals surface area contributed by atoms with Gasteiger partial charge in [-0.2, -0.15) is 0 Å². The van der Waals surface area contributed by atoms with Crippen molar-refractivity contribution in [1.82, 2.24) is 9.55 Å². The summed E-state index contributed by atoms with van der Waals surface area (Å²) >= 11 is 12.6. The van der Waals surface area contributed by atoms with Crippen LogP contribution in [0.5, 0.6) is 0 Å². The topological polar surface area (TPSA) is 34.9 Å². The van der Waals surface area contributed by atoms with E-state index in [0.29, 0.717) is 44.8 Å². The van der Waals surface area contributed by atoms with Crippen LogP contribution in [0, 0.1) is 5.92 Å². The van der Waals surface area contributed by atoms with Crippen molar-refractivity contribution in [1.29, 1.82) is 0 Å². The molecule has 2 aromatic carbocycles. The minimum Gasteiger partial charge on any atom is -0.268 e. The van der Waals surface area contributed by atoms with Crippen LogP contribution in [-0.2, 0) is 6.42 Å². The number of rotatable bonds is 3. The molecule has 0 fully saturated rings. The van der Waals surface area contributed by atoms with Crippen LogP contribution in [0.15, 0.2) is 47.3 Å². The predicted molar refractivity (Wildman–Crippen MR) is 95.9 cm³/mol. The van der Waals surface area contributed by atoms with Gasteiger partial charge < -0.3 is 0 Å². The van der Waals surface area contributed by atoms with Crippen LogP contribution in [0.25, 0.3) is 16.6 Å². The smallest absolute Gasteiger partial charge is 0.266 e. The molecule has 23 heavy (non-hydrogen) atoms. The number of halogens is 2. The second-order valence-electron chi connectivity index (χ2n) is 5.85. The summed E-state index contributed by atoms with van der Waals surface area (Å²) < 4.78 is 1.55. The lowest BCUT2D eigenvalue weighted by Gasteiger charge is -2.17. The largest absolute Gasteiger partial charge is 0.268 e. The molecular formula is C18H16Cl2N2O. The zero-order chi connectivity index (χ0) is 16.6. The third kappa shape index (κ3) is 2.99. The van der Waals surface area contributed by atoms with Gasteiger partial charge in [0.05, 0.1) is 26.6 Å². The molecular weight excluding hydrogens is 331 g/mol. The number of hydrogen-bond acceptors (Lipinski definition) is 2. The average Bonchev–Trinajstić information content (AvgIpc) is 2.49. The van der Waals surface area contributed by atoms with Crippen molar-refractivity contribution >= 4 is 34.1 Å². The van der Waals surface area contributed by atoms with E-state index >= 15 is 0 Å². The molecule has 3 rings (SSSR count). The molecule has 0 aliphatic heterocycles. The van der Waals surface area contributed by atoms with E-state index in [4.69, 9.17) is 23.2 Å². The van der Waals surface area contributed by atoms with Crippen LogP contribution < -0.4 is 5.56 Å². The van der Waals surface area contributed by atoms with Crippen molar-refractivity contribution in [2.45, 2.75) is 20.3 Å². The number of aromatic nitrogens is 2. The molecule has 0 saturated heterocycles. The van der Waals surface area contributed by atoms with Crippen molar-refractivity contribution < 1.29 is 0 Å². The van der Waals surface area contributed by atoms with E-state index in [9.17, 15) is 4.79 Å². The van der Waals surface area contributed by atoms with E-state index < -0.39 is 0 Å². The highest BCUT2D eigenvalue weighted by molar-refractivity contribution is 6.37. The van der Waals surface area contributed by atoms with Crippen molar-refractivity contribution in [2.24, 2.45) is 5.92 Å². The van der Waals surface area contributed by atoms with Gasteiger partial charge in [0.25, 0.3) is 5.56 Å². The molecule has 3 aromatic rings. The summed E-state index contributed by atoms with van der Waals surface area (Å²) in [5.74, 6) is 1.01. The summed E-state index contributed by atoms with van der Waals surface area (Å²) in [6, 6.07) is 12.5. The molecule has 3 nitrogen and oxygen atoms in total. The Hall–Kier alpha value is -1.84. The number of hydrogen-bond donors (Lipinski definition) is 0. The second-order valence-corrected chi connectivity index (χ2v) is 6.67. The molecule has 0 radical (unpaired) electrons. The Balaban J connectivity index is 2.42. The number of nitrogens with zero attached hydrogens (tertiary/aromatic N) is 2. The van der Waals surface area contributed by atoms with E-state index in [1.54, 1.807) is 28.8 Å². The molecule has 1 heterocycles. The third-order valence-electron chi connectivity index (χ3n) is 3.60. The molecule has 0 spiro atoms. The molecule has 0 unspecified atom stereocenters. The Bertz CT molecular complexity index is 912. The highest BCUT2D eigenvalue weighted by Gasteiger charge is 2.17. The lowest BCUT2D eigenvalue weighted by molar-refractivity contribution is 0.606. The van der Waals surface area contributed by atoms with Crippen molar-refractivity contribution in [3.8, 4) is 5.69 Å². The fourth-order valence-corrected chi connectivity index (χ4v) is 3.18. The monoisotopic (exact) mass is 346 g/mol. The molecule has 0 bridgehead atoms. The summed E-state index contributed by atoms with van der Waals surface area (Å²) in [6.45, 7) is 4.17. The Morgan fingerprint density at radius 1 is 1.04 bits per heavy atom. The minimum absolute atomic E-state index is 0.152. The SMILES string of the molecule is CC(C)Cc1nc2ccccc2c(=O)n1-c1c(Cl)cccc1Cl. The highest BCUT2D eigenvalue weighted by atomic mass is 35.5. The molecule has 0 aliphatic carbocycles. The number of benzene rings is 2. The third-order valence-corrected chi connectivity index (χ3v) is 4.21. The zero-order valence-electron chi connectivity index (χ0n) is 12.9. The molecule has 0 aliphatic rings. The van der Waals surface area contributed by atoms with Gasteiger partial charge in [-0.3, -0.25) is 9.36 Å². The molecule has 0 N–H and O–H groups in total. The highest BCUT2D eigenvalue weighted by Crippen LogP contribution is 2.29. The maximum absolute atomic E-state index is 13.0. The zero-order valence-corrected chi connectivity index (χ0v) is 14.4. The first-order chi connectivity index (χ1) is 11.0. The van der Waals surface area contributed by atoms with Gasteiger partial charge >= 0.3 is 0 Å². The maximum Gasteiger partial charge on any atom is 0.266 e. The van der Waals surface area contributed by atoms with Crippen molar-refractivity contribution in [3.05, 3.63) is 68.7 Å². The van der Waals surface area contributed by atoms with E-state index in [1.807, 2.05) is 18.2 Å². The first-order valence-electron chi connectivity index (χ1n) is 7.44. The summed E-state index contributed by atoms with van der Waals surface area (Å²) in [5, 5.41) is 1.42. The van der Waals surface area contributed by atoms with Gasteiger partial charge in [0.2, 0.25) is 0 Å². The second kappa shape index (κ2) is 6.34. The van der Waals surface area contributed by atoms with E-state index in [1.165, 1.54) is 0 Å². The Labute approximate surface area is 144 Å². The summed E-state index contributed by atoms with van der Waals surface area (Å²) in [5.41, 5.74) is 1.03. The Morgan fingerprint density at radius 3 is 2.35 bits per heavy atom. The summed E-state index contributed by atoms with van der Waals surface area (Å²) in [4.78, 5) is 17.7. The van der Waals surface area contributed by atoms with Gasteiger partial charge in [0.1, 0.15) is 5.82 Å². The number of fused-ring (bicyclic) bond motifs is 1. The van der Waals surface area contributed by atoms with Crippen molar-refractivity contribution in [2.75, 3.05) is 0 Å². The van der Waals surface area contributed by atoms with Crippen molar-refractivity contribution in [3.63, 3.8) is 0 Å². The molecule has 1 aromatic heterocycles. The van der Waals surface area contributed by atoms with E-state index in [0.717, 1.165) is 0 Å². The van der Waals surface area contributed by atoms with E-state index in [2.05, 4.69) is 18.8 Å². The molecule has 0 saturated carbocycles. The standard InChI is InChI=1S/C18H16Cl2N2O/c1-11(2)10-16-21-15-9-4-3-6-12(15)18(23)22(16)17-13(19)7-5-8-14(17)20/h3-9,11H,10H2,1-2H3. The quantitative estimate of drug-likeness (QED) is 0.676. The van der Waals surface area contributed by atoms with Crippen LogP contribution in [0.4, 0.5) is 0 Å². The van der Waals surface area contributed by atoms with Gasteiger partial charge in [-0.1, -0.05) is 55.2 Å². The van der Waals surface area contributed by atoms with Crippen LogP contribution in [0.1, 0.15) is 19.7 Å². The van der Waals surface area contributed by atoms with Gasteiger partial charge in [0.15, 0.2) is 0 Å². The Morgan fingerprint density at radius 2 is 1.70 bits per heavy atom. The minimum atomic E-state index is -0.152. The van der Waals surface area contributed by atoms with Gasteiger partial charge in [0, 0.05) is 6.42 Å². The molecule has 0 amide bonds. The first-order valence-corrected chi connectivity index (χ1v) is 8.19. The van der Waals surface area contributed by atoms with Gasteiger partial charge in [-0.25, -0.2) is 4.98 Å². The lowest BCUT2D eigenvalue weighted by atomic mass is 10.1. The Kier molecular flexibility index (Phi) is 4.42. The summed E-state index contributed by atoms with van der Waals surface area (Å²) in [7, 11) is 0. The normalized spacial score (nSPS) is 11.3.